The normalized spacial score (nSPS) is 11.2. The van der Waals surface area contributed by atoms with Gasteiger partial charge in [-0.25, -0.2) is 12.7 Å². The van der Waals surface area contributed by atoms with Crippen LogP contribution in [0, 0.1) is 0 Å². The van der Waals surface area contributed by atoms with E-state index >= 15 is 0 Å². The van der Waals surface area contributed by atoms with Crippen molar-refractivity contribution in [3.63, 3.8) is 0 Å². The molecular weight excluding hydrogens is 380 g/mol. The van der Waals surface area contributed by atoms with E-state index in [4.69, 9.17) is 9.47 Å². The minimum atomic E-state index is -3.45. The number of hydrogen-bond donors (Lipinski definition) is 1. The first-order valence-corrected chi connectivity index (χ1v) is 10.4. The number of sulfonamides is 1. The van der Waals surface area contributed by atoms with Crippen LogP contribution in [-0.4, -0.2) is 52.5 Å². The molecule has 7 nitrogen and oxygen atoms in total. The van der Waals surface area contributed by atoms with E-state index in [0.717, 1.165) is 10.1 Å². The summed E-state index contributed by atoms with van der Waals surface area (Å²) in [6, 6.07) is 15.7. The van der Waals surface area contributed by atoms with Crippen molar-refractivity contribution >= 4 is 15.9 Å². The molecule has 2 aromatic rings. The van der Waals surface area contributed by atoms with E-state index in [-0.39, 0.29) is 10.8 Å². The fourth-order valence-corrected chi connectivity index (χ4v) is 3.21. The van der Waals surface area contributed by atoms with Crippen LogP contribution >= 0.6 is 0 Å². The standard InChI is InChI=1S/C20H26N2O5S/c1-22(2)28(24,25)19-12-10-18(11-13-19)27-16-14-21-20(23)9-6-15-26-17-7-4-3-5-8-17/h3-5,7-8,10-13H,6,9,14-16H2,1-2H3,(H,21,23). The molecule has 1 N–H and O–H groups in total. The SMILES string of the molecule is CN(C)S(=O)(=O)c1ccc(OCCNC(=O)CCCOc2ccccc2)cc1. The van der Waals surface area contributed by atoms with Crippen LogP contribution in [0.4, 0.5) is 0 Å². The Hall–Kier alpha value is -2.58. The van der Waals surface area contributed by atoms with E-state index in [1.165, 1.54) is 26.2 Å². The molecule has 0 bridgehead atoms. The maximum absolute atomic E-state index is 12.0. The maximum Gasteiger partial charge on any atom is 0.242 e. The van der Waals surface area contributed by atoms with E-state index in [1.54, 1.807) is 12.1 Å². The predicted octanol–water partition coefficient (Wildman–Crippen LogP) is 2.29. The molecule has 28 heavy (non-hydrogen) atoms. The van der Waals surface area contributed by atoms with Crippen molar-refractivity contribution in [2.24, 2.45) is 0 Å². The number of amides is 1. The summed E-state index contributed by atoms with van der Waals surface area (Å²) in [7, 11) is -0.484. The molecule has 0 aliphatic carbocycles. The lowest BCUT2D eigenvalue weighted by Gasteiger charge is -2.12. The zero-order valence-electron chi connectivity index (χ0n) is 16.1. The molecule has 0 atom stereocenters. The number of benzene rings is 2. The van der Waals surface area contributed by atoms with Crippen LogP contribution in [0.5, 0.6) is 11.5 Å². The lowest BCUT2D eigenvalue weighted by atomic mass is 10.3. The smallest absolute Gasteiger partial charge is 0.242 e. The van der Waals surface area contributed by atoms with Gasteiger partial charge in [-0.3, -0.25) is 4.79 Å². The molecular formula is C20H26N2O5S. The molecule has 0 fully saturated rings. The summed E-state index contributed by atoms with van der Waals surface area (Å²) in [6.45, 7) is 1.15. The van der Waals surface area contributed by atoms with Gasteiger partial charge in [0.15, 0.2) is 0 Å². The zero-order valence-corrected chi connectivity index (χ0v) is 16.9. The molecule has 0 aliphatic rings. The van der Waals surface area contributed by atoms with Crippen LogP contribution in [0.25, 0.3) is 0 Å². The Morgan fingerprint density at radius 1 is 0.929 bits per heavy atom. The third-order valence-corrected chi connectivity index (χ3v) is 5.68. The molecule has 152 valence electrons. The van der Waals surface area contributed by atoms with Gasteiger partial charge in [0.05, 0.1) is 18.0 Å². The third-order valence-electron chi connectivity index (χ3n) is 3.86. The quantitative estimate of drug-likeness (QED) is 0.579. The molecule has 0 heterocycles. The van der Waals surface area contributed by atoms with Crippen LogP contribution in [0.1, 0.15) is 12.8 Å². The van der Waals surface area contributed by atoms with Gasteiger partial charge in [-0.15, -0.1) is 0 Å². The number of rotatable bonds is 11. The number of nitrogens with one attached hydrogen (secondary N) is 1. The topological polar surface area (TPSA) is 84.9 Å². The largest absolute Gasteiger partial charge is 0.494 e. The van der Waals surface area contributed by atoms with Crippen molar-refractivity contribution in [2.75, 3.05) is 33.9 Å². The summed E-state index contributed by atoms with van der Waals surface area (Å²) >= 11 is 0. The van der Waals surface area contributed by atoms with Crippen LogP contribution in [-0.2, 0) is 14.8 Å². The average molecular weight is 407 g/mol. The van der Waals surface area contributed by atoms with E-state index in [2.05, 4.69) is 5.32 Å². The van der Waals surface area contributed by atoms with Crippen molar-refractivity contribution < 1.29 is 22.7 Å². The van der Waals surface area contributed by atoms with Crippen LogP contribution in [0.15, 0.2) is 59.5 Å². The van der Waals surface area contributed by atoms with Gasteiger partial charge in [0.1, 0.15) is 18.1 Å². The van der Waals surface area contributed by atoms with Crippen LogP contribution < -0.4 is 14.8 Å². The van der Waals surface area contributed by atoms with Gasteiger partial charge in [-0.1, -0.05) is 18.2 Å². The lowest BCUT2D eigenvalue weighted by molar-refractivity contribution is -0.121. The van der Waals surface area contributed by atoms with E-state index in [0.29, 0.717) is 38.3 Å². The molecule has 0 unspecified atom stereocenters. The van der Waals surface area contributed by atoms with E-state index < -0.39 is 10.0 Å². The number of para-hydroxylation sites is 1. The Labute approximate surface area is 166 Å². The molecule has 0 saturated heterocycles. The minimum absolute atomic E-state index is 0.0623. The number of carbonyl (C=O) groups is 1. The van der Waals surface area contributed by atoms with Gasteiger partial charge in [0, 0.05) is 20.5 Å². The second-order valence-corrected chi connectivity index (χ2v) is 8.37. The second kappa shape index (κ2) is 10.7. The Morgan fingerprint density at radius 2 is 1.54 bits per heavy atom. The molecule has 2 aromatic carbocycles. The molecule has 0 saturated carbocycles. The Morgan fingerprint density at radius 3 is 2.18 bits per heavy atom. The van der Waals surface area contributed by atoms with Gasteiger partial charge in [-0.2, -0.15) is 0 Å². The van der Waals surface area contributed by atoms with Crippen molar-refractivity contribution in [2.45, 2.75) is 17.7 Å². The molecule has 0 aliphatic heterocycles. The lowest BCUT2D eigenvalue weighted by Crippen LogP contribution is -2.28. The highest BCUT2D eigenvalue weighted by Crippen LogP contribution is 2.17. The second-order valence-electron chi connectivity index (χ2n) is 6.22. The highest BCUT2D eigenvalue weighted by atomic mass is 32.2. The van der Waals surface area contributed by atoms with Gasteiger partial charge in [-0.05, 0) is 42.8 Å². The molecule has 0 spiro atoms. The predicted molar refractivity (Wildman–Crippen MR) is 107 cm³/mol. The fraction of sp³-hybridized carbons (Fsp3) is 0.350. The number of ether oxygens (including phenoxy) is 2. The average Bonchev–Trinajstić information content (AvgIpc) is 2.69. The third kappa shape index (κ3) is 6.86. The first-order valence-electron chi connectivity index (χ1n) is 8.99. The monoisotopic (exact) mass is 406 g/mol. The fourth-order valence-electron chi connectivity index (χ4n) is 2.31. The number of nitrogens with zero attached hydrogens (tertiary/aromatic N) is 1. The summed E-state index contributed by atoms with van der Waals surface area (Å²) in [5, 5.41) is 2.78. The summed E-state index contributed by atoms with van der Waals surface area (Å²) < 4.78 is 36.2. The number of carbonyl (C=O) groups excluding carboxylic acids is 1. The molecule has 8 heteroatoms. The van der Waals surface area contributed by atoms with Crippen molar-refractivity contribution in [3.05, 3.63) is 54.6 Å². The summed E-state index contributed by atoms with van der Waals surface area (Å²) in [5.74, 6) is 1.27. The van der Waals surface area contributed by atoms with Gasteiger partial charge < -0.3 is 14.8 Å². The molecule has 0 radical (unpaired) electrons. The van der Waals surface area contributed by atoms with Crippen molar-refractivity contribution in [1.29, 1.82) is 0 Å². The Kier molecular flexibility index (Phi) is 8.28. The Balaban J connectivity index is 1.61. The van der Waals surface area contributed by atoms with Crippen molar-refractivity contribution in [3.8, 4) is 11.5 Å². The molecule has 2 rings (SSSR count). The highest BCUT2D eigenvalue weighted by Gasteiger charge is 2.16. The van der Waals surface area contributed by atoms with Gasteiger partial charge in [0.2, 0.25) is 15.9 Å². The minimum Gasteiger partial charge on any atom is -0.494 e. The maximum atomic E-state index is 12.0. The Bertz CT molecular complexity index is 837. The van der Waals surface area contributed by atoms with Crippen LogP contribution in [0.3, 0.4) is 0 Å². The van der Waals surface area contributed by atoms with Gasteiger partial charge >= 0.3 is 0 Å². The highest BCUT2D eigenvalue weighted by molar-refractivity contribution is 7.89. The summed E-state index contributed by atoms with van der Waals surface area (Å²) in [5.41, 5.74) is 0. The summed E-state index contributed by atoms with van der Waals surface area (Å²) in [4.78, 5) is 12.0. The van der Waals surface area contributed by atoms with E-state index in [9.17, 15) is 13.2 Å². The zero-order chi connectivity index (χ0) is 20.4. The van der Waals surface area contributed by atoms with Gasteiger partial charge in [0.25, 0.3) is 0 Å². The molecule has 1 amide bonds. The first-order chi connectivity index (χ1) is 13.4. The molecule has 0 aromatic heterocycles. The summed E-state index contributed by atoms with van der Waals surface area (Å²) in [6.07, 6.45) is 1.01. The first kappa shape index (κ1) is 21.7. The van der Waals surface area contributed by atoms with Crippen LogP contribution in [0.2, 0.25) is 0 Å². The van der Waals surface area contributed by atoms with Crippen molar-refractivity contribution in [1.82, 2.24) is 9.62 Å². The number of hydrogen-bond acceptors (Lipinski definition) is 5. The van der Waals surface area contributed by atoms with E-state index in [1.807, 2.05) is 30.3 Å².